The minimum Gasteiger partial charge on any atom is -0.480 e. The summed E-state index contributed by atoms with van der Waals surface area (Å²) >= 11 is 0. The zero-order valence-corrected chi connectivity index (χ0v) is 14.1. The molecular formula is C17H21N3O5. The van der Waals surface area contributed by atoms with Gasteiger partial charge in [-0.2, -0.15) is 0 Å². The number of anilines is 2. The maximum atomic E-state index is 12.4. The number of hydrogen-bond acceptors (Lipinski definition) is 4. The third-order valence-corrected chi connectivity index (χ3v) is 3.89. The number of para-hydroxylation sites is 2. The highest BCUT2D eigenvalue weighted by Crippen LogP contribution is 2.29. The van der Waals surface area contributed by atoms with Gasteiger partial charge < -0.3 is 20.6 Å². The Bertz CT molecular complexity index is 701. The van der Waals surface area contributed by atoms with Crippen LogP contribution in [0.1, 0.15) is 26.7 Å². The fraction of sp³-hybridized carbons (Fsp3) is 0.412. The molecule has 8 heteroatoms. The van der Waals surface area contributed by atoms with E-state index in [1.807, 2.05) is 0 Å². The monoisotopic (exact) mass is 347 g/mol. The first-order valence-corrected chi connectivity index (χ1v) is 8.01. The van der Waals surface area contributed by atoms with Crippen LogP contribution >= 0.6 is 0 Å². The predicted octanol–water partition coefficient (Wildman–Crippen LogP) is 0.977. The van der Waals surface area contributed by atoms with E-state index in [9.17, 15) is 19.2 Å². The van der Waals surface area contributed by atoms with Gasteiger partial charge in [0, 0.05) is 12.8 Å². The summed E-state index contributed by atoms with van der Waals surface area (Å²) in [6, 6.07) is 5.91. The van der Waals surface area contributed by atoms with E-state index >= 15 is 0 Å². The van der Waals surface area contributed by atoms with Crippen LogP contribution in [-0.4, -0.2) is 41.4 Å². The van der Waals surface area contributed by atoms with Crippen LogP contribution in [0.15, 0.2) is 24.3 Å². The molecule has 3 N–H and O–H groups in total. The molecule has 0 fully saturated rings. The highest BCUT2D eigenvalue weighted by atomic mass is 16.4. The molecule has 1 aliphatic heterocycles. The van der Waals surface area contributed by atoms with Gasteiger partial charge in [-0.1, -0.05) is 26.0 Å². The maximum absolute atomic E-state index is 12.4. The number of benzene rings is 1. The molecule has 1 atom stereocenters. The van der Waals surface area contributed by atoms with Crippen molar-refractivity contribution >= 4 is 35.1 Å². The number of nitrogens with zero attached hydrogens (tertiary/aromatic N) is 1. The molecule has 134 valence electrons. The molecule has 0 unspecified atom stereocenters. The third kappa shape index (κ3) is 4.56. The summed E-state index contributed by atoms with van der Waals surface area (Å²) in [5, 5.41) is 14.2. The number of carbonyl (C=O) groups excluding carboxylic acids is 3. The smallest absolute Gasteiger partial charge is 0.326 e. The van der Waals surface area contributed by atoms with E-state index in [2.05, 4.69) is 10.6 Å². The van der Waals surface area contributed by atoms with Gasteiger partial charge in [-0.25, -0.2) is 4.79 Å². The number of hydrogen-bond donors (Lipinski definition) is 3. The first-order chi connectivity index (χ1) is 11.8. The van der Waals surface area contributed by atoms with Crippen molar-refractivity contribution in [3.05, 3.63) is 24.3 Å². The molecule has 1 aromatic carbocycles. The number of aliphatic carboxylic acids is 1. The standard InChI is InChI=1S/C17H21N3O5/c1-10(2)16(17(24)25)19-13(21)7-8-15(23)20-9-14(22)18-11-5-3-4-6-12(11)20/h3-6,10,16H,7-9H2,1-2H3,(H,18,22)(H,19,21)(H,24,25)/t16-/m1/s1. The Morgan fingerprint density at radius 1 is 1.24 bits per heavy atom. The fourth-order valence-corrected chi connectivity index (χ4v) is 2.57. The van der Waals surface area contributed by atoms with E-state index in [0.717, 1.165) is 0 Å². The minimum atomic E-state index is -1.11. The van der Waals surface area contributed by atoms with Gasteiger partial charge in [-0.3, -0.25) is 14.4 Å². The van der Waals surface area contributed by atoms with Crippen molar-refractivity contribution in [3.63, 3.8) is 0 Å². The quantitative estimate of drug-likeness (QED) is 0.709. The second kappa shape index (κ2) is 7.78. The van der Waals surface area contributed by atoms with Crippen LogP contribution in [0.25, 0.3) is 0 Å². The van der Waals surface area contributed by atoms with Crippen molar-refractivity contribution < 1.29 is 24.3 Å². The number of fused-ring (bicyclic) bond motifs is 1. The van der Waals surface area contributed by atoms with Crippen LogP contribution in [0.2, 0.25) is 0 Å². The van der Waals surface area contributed by atoms with E-state index in [1.165, 1.54) is 4.90 Å². The lowest BCUT2D eigenvalue weighted by molar-refractivity contribution is -0.143. The minimum absolute atomic E-state index is 0.110. The molecule has 0 aromatic heterocycles. The van der Waals surface area contributed by atoms with Gasteiger partial charge in [-0.15, -0.1) is 0 Å². The molecule has 25 heavy (non-hydrogen) atoms. The van der Waals surface area contributed by atoms with Gasteiger partial charge in [-0.05, 0) is 18.1 Å². The molecule has 8 nitrogen and oxygen atoms in total. The highest BCUT2D eigenvalue weighted by molar-refractivity contribution is 6.10. The van der Waals surface area contributed by atoms with E-state index < -0.39 is 17.9 Å². The Hall–Kier alpha value is -2.90. The summed E-state index contributed by atoms with van der Waals surface area (Å²) in [7, 11) is 0. The lowest BCUT2D eigenvalue weighted by Gasteiger charge is -2.29. The van der Waals surface area contributed by atoms with Crippen LogP contribution < -0.4 is 15.5 Å². The molecule has 2 rings (SSSR count). The molecule has 0 saturated carbocycles. The lowest BCUT2D eigenvalue weighted by atomic mass is 10.0. The van der Waals surface area contributed by atoms with Crippen LogP contribution in [0.5, 0.6) is 0 Å². The second-order valence-electron chi connectivity index (χ2n) is 6.17. The Balaban J connectivity index is 1.98. The number of carboxylic acids is 1. The molecule has 1 aliphatic rings. The SMILES string of the molecule is CC(C)[C@@H](NC(=O)CCC(=O)N1CC(=O)Nc2ccccc21)C(=O)O. The topological polar surface area (TPSA) is 116 Å². The van der Waals surface area contributed by atoms with Gasteiger partial charge in [0.25, 0.3) is 0 Å². The molecular weight excluding hydrogens is 326 g/mol. The van der Waals surface area contributed by atoms with Gasteiger partial charge in [0.15, 0.2) is 0 Å². The van der Waals surface area contributed by atoms with Crippen LogP contribution in [-0.2, 0) is 19.2 Å². The molecule has 1 aromatic rings. The number of carboxylic acid groups (broad SMARTS) is 1. The Labute approximate surface area is 145 Å². The highest BCUT2D eigenvalue weighted by Gasteiger charge is 2.28. The Kier molecular flexibility index (Phi) is 5.74. The molecule has 0 saturated heterocycles. The molecule has 0 spiro atoms. The number of amides is 3. The zero-order valence-electron chi connectivity index (χ0n) is 14.1. The van der Waals surface area contributed by atoms with Crippen molar-refractivity contribution in [2.24, 2.45) is 5.92 Å². The molecule has 0 radical (unpaired) electrons. The lowest BCUT2D eigenvalue weighted by Crippen LogP contribution is -2.45. The molecule has 3 amide bonds. The molecule has 0 bridgehead atoms. The summed E-state index contributed by atoms with van der Waals surface area (Å²) in [4.78, 5) is 48.5. The maximum Gasteiger partial charge on any atom is 0.326 e. The fourth-order valence-electron chi connectivity index (χ4n) is 2.57. The number of nitrogens with one attached hydrogen (secondary N) is 2. The van der Waals surface area contributed by atoms with Crippen molar-refractivity contribution in [2.75, 3.05) is 16.8 Å². The van der Waals surface area contributed by atoms with E-state index in [1.54, 1.807) is 38.1 Å². The van der Waals surface area contributed by atoms with Gasteiger partial charge in [0.05, 0.1) is 11.4 Å². The predicted molar refractivity (Wildman–Crippen MR) is 91.1 cm³/mol. The summed E-state index contributed by atoms with van der Waals surface area (Å²) in [6.07, 6.45) is -0.256. The third-order valence-electron chi connectivity index (χ3n) is 3.89. The normalized spacial score (nSPS) is 14.5. The Morgan fingerprint density at radius 3 is 2.56 bits per heavy atom. The van der Waals surface area contributed by atoms with E-state index in [4.69, 9.17) is 5.11 Å². The largest absolute Gasteiger partial charge is 0.480 e. The molecule has 0 aliphatic carbocycles. The van der Waals surface area contributed by atoms with E-state index in [-0.39, 0.29) is 37.1 Å². The Morgan fingerprint density at radius 2 is 1.92 bits per heavy atom. The average molecular weight is 347 g/mol. The average Bonchev–Trinajstić information content (AvgIpc) is 2.56. The number of carbonyl (C=O) groups is 4. The molecule has 1 heterocycles. The summed E-state index contributed by atoms with van der Waals surface area (Å²) < 4.78 is 0. The first-order valence-electron chi connectivity index (χ1n) is 8.01. The second-order valence-corrected chi connectivity index (χ2v) is 6.17. The first kappa shape index (κ1) is 18.4. The number of rotatable bonds is 6. The van der Waals surface area contributed by atoms with Crippen molar-refractivity contribution in [1.29, 1.82) is 0 Å². The summed E-state index contributed by atoms with van der Waals surface area (Å²) in [5.74, 6) is -2.56. The van der Waals surface area contributed by atoms with Gasteiger partial charge >= 0.3 is 5.97 Å². The van der Waals surface area contributed by atoms with Crippen LogP contribution in [0.3, 0.4) is 0 Å². The van der Waals surface area contributed by atoms with Crippen LogP contribution in [0.4, 0.5) is 11.4 Å². The van der Waals surface area contributed by atoms with Crippen LogP contribution in [0, 0.1) is 5.92 Å². The van der Waals surface area contributed by atoms with E-state index in [0.29, 0.717) is 11.4 Å². The van der Waals surface area contributed by atoms with Gasteiger partial charge in [0.1, 0.15) is 12.6 Å². The van der Waals surface area contributed by atoms with Crippen molar-refractivity contribution in [2.45, 2.75) is 32.7 Å². The van der Waals surface area contributed by atoms with Crippen molar-refractivity contribution in [3.8, 4) is 0 Å². The zero-order chi connectivity index (χ0) is 18.6. The van der Waals surface area contributed by atoms with Crippen molar-refractivity contribution in [1.82, 2.24) is 5.32 Å². The summed E-state index contributed by atoms with van der Waals surface area (Å²) in [5.41, 5.74) is 1.13. The van der Waals surface area contributed by atoms with Gasteiger partial charge in [0.2, 0.25) is 17.7 Å². The summed E-state index contributed by atoms with van der Waals surface area (Å²) in [6.45, 7) is 3.27.